The number of halogens is 1. The summed E-state index contributed by atoms with van der Waals surface area (Å²) in [4.78, 5) is 0. The fourth-order valence-electron chi connectivity index (χ4n) is 1.77. The molecule has 1 unspecified atom stereocenters. The maximum absolute atomic E-state index is 10.3. The monoisotopic (exact) mass is 247 g/mol. The van der Waals surface area contributed by atoms with Crippen LogP contribution in [-0.4, -0.2) is 5.11 Å². The van der Waals surface area contributed by atoms with Gasteiger partial charge in [-0.05, 0) is 30.2 Å². The highest BCUT2D eigenvalue weighted by molar-refractivity contribution is 6.30. The van der Waals surface area contributed by atoms with Crippen molar-refractivity contribution in [2.24, 2.45) is 0 Å². The molecule has 0 heterocycles. The van der Waals surface area contributed by atoms with Gasteiger partial charge < -0.3 is 10.8 Å². The fourth-order valence-corrected chi connectivity index (χ4v) is 1.89. The number of nitrogen functional groups attached to an aromatic ring is 1. The van der Waals surface area contributed by atoms with E-state index in [2.05, 4.69) is 0 Å². The Balaban J connectivity index is 2.40. The number of para-hydroxylation sites is 1. The largest absolute Gasteiger partial charge is 0.398 e. The molecule has 0 aliphatic rings. The van der Waals surface area contributed by atoms with Crippen LogP contribution < -0.4 is 5.73 Å². The second-order valence-corrected chi connectivity index (χ2v) is 4.47. The van der Waals surface area contributed by atoms with Crippen molar-refractivity contribution in [3.63, 3.8) is 0 Å². The van der Waals surface area contributed by atoms with Crippen LogP contribution in [0.2, 0.25) is 5.02 Å². The van der Waals surface area contributed by atoms with Crippen LogP contribution in [0.5, 0.6) is 0 Å². The van der Waals surface area contributed by atoms with Crippen molar-refractivity contribution in [3.8, 4) is 0 Å². The molecule has 0 saturated heterocycles. The molecule has 0 bridgehead atoms. The van der Waals surface area contributed by atoms with Gasteiger partial charge in [0.25, 0.3) is 0 Å². The third kappa shape index (κ3) is 2.43. The zero-order chi connectivity index (χ0) is 12.4. The molecule has 0 fully saturated rings. The molecule has 2 rings (SSSR count). The summed E-state index contributed by atoms with van der Waals surface area (Å²) >= 11 is 5.81. The van der Waals surface area contributed by atoms with Crippen LogP contribution in [-0.2, 0) is 0 Å². The Kier molecular flexibility index (Phi) is 3.36. The summed E-state index contributed by atoms with van der Waals surface area (Å²) in [7, 11) is 0. The third-order valence-electron chi connectivity index (χ3n) is 2.84. The summed E-state index contributed by atoms with van der Waals surface area (Å²) in [5, 5.41) is 10.9. The molecule has 0 saturated carbocycles. The van der Waals surface area contributed by atoms with Gasteiger partial charge in [0, 0.05) is 16.3 Å². The summed E-state index contributed by atoms with van der Waals surface area (Å²) in [6.07, 6.45) is -0.716. The molecule has 3 heteroatoms. The molecule has 17 heavy (non-hydrogen) atoms. The minimum atomic E-state index is -0.716. The molecule has 2 nitrogen and oxygen atoms in total. The van der Waals surface area contributed by atoms with Gasteiger partial charge in [-0.15, -0.1) is 0 Å². The van der Waals surface area contributed by atoms with Gasteiger partial charge >= 0.3 is 0 Å². The number of hydrogen-bond acceptors (Lipinski definition) is 2. The lowest BCUT2D eigenvalue weighted by molar-refractivity contribution is 0.221. The van der Waals surface area contributed by atoms with Gasteiger partial charge in [0.2, 0.25) is 0 Å². The van der Waals surface area contributed by atoms with Gasteiger partial charge in [0.1, 0.15) is 6.10 Å². The van der Waals surface area contributed by atoms with E-state index >= 15 is 0 Å². The zero-order valence-electron chi connectivity index (χ0n) is 9.52. The Morgan fingerprint density at radius 2 is 1.76 bits per heavy atom. The average Bonchev–Trinajstić information content (AvgIpc) is 2.33. The molecule has 2 aromatic rings. The van der Waals surface area contributed by atoms with Crippen LogP contribution >= 0.6 is 11.6 Å². The third-order valence-corrected chi connectivity index (χ3v) is 3.09. The van der Waals surface area contributed by atoms with E-state index < -0.39 is 6.10 Å². The van der Waals surface area contributed by atoms with Crippen LogP contribution in [0, 0.1) is 6.92 Å². The highest BCUT2D eigenvalue weighted by atomic mass is 35.5. The fraction of sp³-hybridized carbons (Fsp3) is 0.143. The molecule has 88 valence electrons. The van der Waals surface area contributed by atoms with Gasteiger partial charge in [0.05, 0.1) is 0 Å². The van der Waals surface area contributed by atoms with Crippen LogP contribution in [0.25, 0.3) is 0 Å². The van der Waals surface area contributed by atoms with E-state index in [-0.39, 0.29) is 0 Å². The van der Waals surface area contributed by atoms with Gasteiger partial charge in [-0.25, -0.2) is 0 Å². The second-order valence-electron chi connectivity index (χ2n) is 4.03. The maximum atomic E-state index is 10.3. The first-order valence-corrected chi connectivity index (χ1v) is 5.76. The van der Waals surface area contributed by atoms with Crippen molar-refractivity contribution < 1.29 is 5.11 Å². The summed E-state index contributed by atoms with van der Waals surface area (Å²) in [5.74, 6) is 0. The van der Waals surface area contributed by atoms with E-state index in [1.165, 1.54) is 0 Å². The van der Waals surface area contributed by atoms with E-state index in [1.807, 2.05) is 25.1 Å². The van der Waals surface area contributed by atoms with Crippen LogP contribution in [0.1, 0.15) is 22.8 Å². The molecule has 3 N–H and O–H groups in total. The van der Waals surface area contributed by atoms with Crippen molar-refractivity contribution >= 4 is 17.3 Å². The Hall–Kier alpha value is -1.51. The number of anilines is 1. The second kappa shape index (κ2) is 4.78. The maximum Gasteiger partial charge on any atom is 0.106 e. The zero-order valence-corrected chi connectivity index (χ0v) is 10.3. The Bertz CT molecular complexity index is 522. The van der Waals surface area contributed by atoms with E-state index in [4.69, 9.17) is 17.3 Å². The van der Waals surface area contributed by atoms with Crippen LogP contribution in [0.15, 0.2) is 42.5 Å². The molecular formula is C14H14ClNO. The smallest absolute Gasteiger partial charge is 0.106 e. The summed E-state index contributed by atoms with van der Waals surface area (Å²) in [5.41, 5.74) is 9.08. The molecular weight excluding hydrogens is 234 g/mol. The van der Waals surface area contributed by atoms with Gasteiger partial charge in [-0.3, -0.25) is 0 Å². The summed E-state index contributed by atoms with van der Waals surface area (Å²) in [6, 6.07) is 12.8. The first-order chi connectivity index (χ1) is 8.09. The minimum Gasteiger partial charge on any atom is -0.398 e. The standard InChI is InChI=1S/C14H14ClNO/c1-9-3-2-4-12(13(9)16)14(17)10-5-7-11(15)8-6-10/h2-8,14,17H,16H2,1H3. The number of nitrogens with two attached hydrogens (primary N) is 1. The lowest BCUT2D eigenvalue weighted by Gasteiger charge is -2.15. The molecule has 0 aliphatic heterocycles. The topological polar surface area (TPSA) is 46.2 Å². The van der Waals surface area contributed by atoms with E-state index in [0.29, 0.717) is 10.7 Å². The van der Waals surface area contributed by atoms with E-state index in [9.17, 15) is 5.11 Å². The predicted molar refractivity (Wildman–Crippen MR) is 71.1 cm³/mol. The lowest BCUT2D eigenvalue weighted by atomic mass is 9.98. The molecule has 0 radical (unpaired) electrons. The van der Waals surface area contributed by atoms with Crippen LogP contribution in [0.4, 0.5) is 5.69 Å². The van der Waals surface area contributed by atoms with E-state index in [1.54, 1.807) is 24.3 Å². The van der Waals surface area contributed by atoms with Gasteiger partial charge in [-0.1, -0.05) is 41.9 Å². The highest BCUT2D eigenvalue weighted by Gasteiger charge is 2.13. The van der Waals surface area contributed by atoms with Crippen molar-refractivity contribution in [1.29, 1.82) is 0 Å². The minimum absolute atomic E-state index is 0.634. The van der Waals surface area contributed by atoms with Gasteiger partial charge in [-0.2, -0.15) is 0 Å². The van der Waals surface area contributed by atoms with Crippen molar-refractivity contribution in [1.82, 2.24) is 0 Å². The molecule has 0 aliphatic carbocycles. The summed E-state index contributed by atoms with van der Waals surface area (Å²) < 4.78 is 0. The number of aliphatic hydroxyl groups excluding tert-OH is 1. The Morgan fingerprint density at radius 3 is 2.41 bits per heavy atom. The number of rotatable bonds is 2. The quantitative estimate of drug-likeness (QED) is 0.800. The molecule has 0 amide bonds. The normalized spacial score (nSPS) is 12.4. The molecule has 0 aromatic heterocycles. The summed E-state index contributed by atoms with van der Waals surface area (Å²) in [6.45, 7) is 1.92. The van der Waals surface area contributed by atoms with Crippen LogP contribution in [0.3, 0.4) is 0 Å². The molecule has 1 atom stereocenters. The number of aryl methyl sites for hydroxylation is 1. The molecule has 2 aromatic carbocycles. The Morgan fingerprint density at radius 1 is 1.12 bits per heavy atom. The number of hydrogen-bond donors (Lipinski definition) is 2. The SMILES string of the molecule is Cc1cccc(C(O)c2ccc(Cl)cc2)c1N. The number of benzene rings is 2. The first-order valence-electron chi connectivity index (χ1n) is 5.38. The number of aliphatic hydroxyl groups is 1. The average molecular weight is 248 g/mol. The molecule has 0 spiro atoms. The lowest BCUT2D eigenvalue weighted by Crippen LogP contribution is -2.04. The van der Waals surface area contributed by atoms with Crippen molar-refractivity contribution in [3.05, 3.63) is 64.2 Å². The highest BCUT2D eigenvalue weighted by Crippen LogP contribution is 2.29. The first kappa shape index (κ1) is 12.0. The van der Waals surface area contributed by atoms with Crippen molar-refractivity contribution in [2.75, 3.05) is 5.73 Å². The van der Waals surface area contributed by atoms with Crippen molar-refractivity contribution in [2.45, 2.75) is 13.0 Å². The Labute approximate surface area is 106 Å². The van der Waals surface area contributed by atoms with Gasteiger partial charge in [0.15, 0.2) is 0 Å². The van der Waals surface area contributed by atoms with E-state index in [0.717, 1.165) is 16.7 Å². The predicted octanol–water partition coefficient (Wildman–Crippen LogP) is 3.31.